The number of pyridine rings is 1. The molecule has 11 heteroatoms. The number of carbonyl (C=O) groups excluding carboxylic acids is 1. The van der Waals surface area contributed by atoms with Gasteiger partial charge in [0.25, 0.3) is 5.91 Å². The summed E-state index contributed by atoms with van der Waals surface area (Å²) in [7, 11) is 0. The second kappa shape index (κ2) is 9.19. The highest BCUT2D eigenvalue weighted by atomic mass is 19.1. The average Bonchev–Trinajstić information content (AvgIpc) is 3.22. The molecule has 200 valence electrons. The average molecular weight is 532 g/mol. The van der Waals surface area contributed by atoms with Gasteiger partial charge >= 0.3 is 0 Å². The molecule has 2 aliphatic rings. The van der Waals surface area contributed by atoms with Crippen LogP contribution in [0.2, 0.25) is 0 Å². The van der Waals surface area contributed by atoms with Crippen LogP contribution in [0.25, 0.3) is 17.2 Å². The molecule has 2 atom stereocenters. The lowest BCUT2D eigenvalue weighted by Gasteiger charge is -2.23. The van der Waals surface area contributed by atoms with Gasteiger partial charge in [-0.05, 0) is 51.1 Å². The summed E-state index contributed by atoms with van der Waals surface area (Å²) < 4.78 is 36.6. The SMILES string of the molecule is Cc1nn(-c2ncccn2)cc1C(=O)N1CC2C(C1)C2Oc1cc(C(C)(C)N)c(F)c(-c2ccc(F)cc2)n1. The second-order valence-electron chi connectivity index (χ2n) is 10.6. The first-order valence-corrected chi connectivity index (χ1v) is 12.7. The van der Waals surface area contributed by atoms with Crippen LogP contribution in [-0.2, 0) is 5.54 Å². The van der Waals surface area contributed by atoms with Crippen molar-refractivity contribution in [3.63, 3.8) is 0 Å². The number of nitrogens with two attached hydrogens (primary N) is 1. The molecular weight excluding hydrogens is 504 g/mol. The van der Waals surface area contributed by atoms with Crippen LogP contribution in [-0.4, -0.2) is 54.7 Å². The fourth-order valence-corrected chi connectivity index (χ4v) is 5.14. The topological polar surface area (TPSA) is 112 Å². The molecule has 2 fully saturated rings. The molecule has 1 saturated heterocycles. The van der Waals surface area contributed by atoms with E-state index in [0.29, 0.717) is 35.9 Å². The molecule has 1 aliphatic carbocycles. The molecule has 0 radical (unpaired) electrons. The quantitative estimate of drug-likeness (QED) is 0.404. The molecule has 0 bridgehead atoms. The normalized spacial score (nSPS) is 20.2. The molecule has 4 aromatic rings. The predicted molar refractivity (Wildman–Crippen MR) is 138 cm³/mol. The Balaban J connectivity index is 1.18. The van der Waals surface area contributed by atoms with Crippen LogP contribution in [0.4, 0.5) is 8.78 Å². The van der Waals surface area contributed by atoms with Crippen LogP contribution in [0.15, 0.2) is 55.0 Å². The number of benzene rings is 1. The van der Waals surface area contributed by atoms with Gasteiger partial charge < -0.3 is 15.4 Å². The highest BCUT2D eigenvalue weighted by molar-refractivity contribution is 5.95. The van der Waals surface area contributed by atoms with Gasteiger partial charge in [0.2, 0.25) is 11.8 Å². The summed E-state index contributed by atoms with van der Waals surface area (Å²) in [5, 5.41) is 4.40. The number of nitrogens with zero attached hydrogens (tertiary/aromatic N) is 6. The Morgan fingerprint density at radius 1 is 1.10 bits per heavy atom. The first-order chi connectivity index (χ1) is 18.6. The van der Waals surface area contributed by atoms with Gasteiger partial charge in [-0.15, -0.1) is 0 Å². The van der Waals surface area contributed by atoms with Crippen LogP contribution < -0.4 is 10.5 Å². The fourth-order valence-electron chi connectivity index (χ4n) is 5.14. The van der Waals surface area contributed by atoms with Crippen LogP contribution in [0.5, 0.6) is 5.88 Å². The van der Waals surface area contributed by atoms with E-state index < -0.39 is 17.2 Å². The first kappa shape index (κ1) is 25.1. The number of halogens is 2. The van der Waals surface area contributed by atoms with Crippen molar-refractivity contribution < 1.29 is 18.3 Å². The van der Waals surface area contributed by atoms with Crippen LogP contribution in [0, 0.1) is 30.4 Å². The summed E-state index contributed by atoms with van der Waals surface area (Å²) >= 11 is 0. The Morgan fingerprint density at radius 2 is 1.77 bits per heavy atom. The predicted octanol–water partition coefficient (Wildman–Crippen LogP) is 3.65. The van der Waals surface area contributed by atoms with Crippen LogP contribution in [0.3, 0.4) is 0 Å². The van der Waals surface area contributed by atoms with Gasteiger partial charge in [0, 0.05) is 66.2 Å². The summed E-state index contributed by atoms with van der Waals surface area (Å²) in [6.45, 7) is 6.24. The number of aromatic nitrogens is 5. The van der Waals surface area contributed by atoms with Gasteiger partial charge in [0.15, 0.2) is 5.82 Å². The molecule has 4 heterocycles. The zero-order chi connectivity index (χ0) is 27.5. The number of amides is 1. The van der Waals surface area contributed by atoms with Crippen LogP contribution in [0.1, 0.15) is 35.5 Å². The van der Waals surface area contributed by atoms with Gasteiger partial charge in [-0.2, -0.15) is 5.10 Å². The molecule has 1 saturated carbocycles. The molecule has 1 amide bonds. The lowest BCUT2D eigenvalue weighted by molar-refractivity contribution is 0.0750. The molecule has 1 aromatic carbocycles. The summed E-state index contributed by atoms with van der Waals surface area (Å²) in [5.74, 6) is -0.177. The maximum atomic E-state index is 15.4. The summed E-state index contributed by atoms with van der Waals surface area (Å²) in [5.41, 5.74) is 7.09. The number of piperidine rings is 1. The monoisotopic (exact) mass is 531 g/mol. The van der Waals surface area contributed by atoms with E-state index in [9.17, 15) is 9.18 Å². The Morgan fingerprint density at radius 3 is 2.41 bits per heavy atom. The highest BCUT2D eigenvalue weighted by Gasteiger charge is 2.59. The molecule has 0 spiro atoms. The second-order valence-corrected chi connectivity index (χ2v) is 10.6. The number of aryl methyl sites for hydroxylation is 1. The van der Waals surface area contributed by atoms with Crippen molar-refractivity contribution in [1.82, 2.24) is 29.6 Å². The number of rotatable bonds is 6. The van der Waals surface area contributed by atoms with Crippen molar-refractivity contribution in [3.8, 4) is 23.1 Å². The van der Waals surface area contributed by atoms with Crippen molar-refractivity contribution in [1.29, 1.82) is 0 Å². The minimum Gasteiger partial charge on any atom is -0.474 e. The molecule has 6 rings (SSSR count). The minimum atomic E-state index is -0.990. The summed E-state index contributed by atoms with van der Waals surface area (Å²) in [4.78, 5) is 27.8. The Bertz CT molecular complexity index is 1540. The van der Waals surface area contributed by atoms with E-state index in [2.05, 4.69) is 20.1 Å². The largest absolute Gasteiger partial charge is 0.474 e. The summed E-state index contributed by atoms with van der Waals surface area (Å²) in [6.07, 6.45) is 4.74. The van der Waals surface area contributed by atoms with Gasteiger partial charge in [0.1, 0.15) is 17.6 Å². The number of ether oxygens (including phenoxy) is 1. The summed E-state index contributed by atoms with van der Waals surface area (Å²) in [6, 6.07) is 8.70. The fraction of sp³-hybridized carbons (Fsp3) is 0.321. The van der Waals surface area contributed by atoms with E-state index in [1.807, 2.05) is 0 Å². The maximum absolute atomic E-state index is 15.4. The molecule has 2 unspecified atom stereocenters. The van der Waals surface area contributed by atoms with Crippen molar-refractivity contribution in [2.75, 3.05) is 13.1 Å². The number of fused-ring (bicyclic) bond motifs is 1. The molecule has 3 aromatic heterocycles. The van der Waals surface area contributed by atoms with Crippen LogP contribution >= 0.6 is 0 Å². The van der Waals surface area contributed by atoms with Gasteiger partial charge in [-0.1, -0.05) is 0 Å². The third-order valence-electron chi connectivity index (χ3n) is 7.29. The van der Waals surface area contributed by atoms with E-state index in [0.717, 1.165) is 0 Å². The molecule has 1 aliphatic heterocycles. The Hall–Kier alpha value is -4.25. The lowest BCUT2D eigenvalue weighted by atomic mass is 9.94. The van der Waals surface area contributed by atoms with E-state index in [-0.39, 0.29) is 41.0 Å². The highest BCUT2D eigenvalue weighted by Crippen LogP contribution is 2.48. The molecule has 39 heavy (non-hydrogen) atoms. The third-order valence-corrected chi connectivity index (χ3v) is 7.29. The number of hydrogen-bond donors (Lipinski definition) is 1. The molecular formula is C28H27F2N7O2. The Kier molecular flexibility index (Phi) is 5.91. The van der Waals surface area contributed by atoms with Gasteiger partial charge in [0.05, 0.1) is 11.3 Å². The van der Waals surface area contributed by atoms with E-state index in [1.165, 1.54) is 35.0 Å². The molecule has 9 nitrogen and oxygen atoms in total. The van der Waals surface area contributed by atoms with Gasteiger partial charge in [-0.3, -0.25) is 4.79 Å². The minimum absolute atomic E-state index is 0.0542. The van der Waals surface area contributed by atoms with Crippen molar-refractivity contribution in [2.24, 2.45) is 17.6 Å². The maximum Gasteiger partial charge on any atom is 0.257 e. The van der Waals surface area contributed by atoms with Crippen molar-refractivity contribution in [3.05, 3.63) is 83.4 Å². The standard InChI is InChI=1S/C28H27F2N7O2/c1-15-18(14-37(35-15)27-32-9-4-10-33-27)26(38)36-12-19-20(13-36)25(19)39-22-11-21(28(2,3)31)23(30)24(34-22)16-5-7-17(29)8-6-16/h4-11,14,19-20,25H,12-13,31H2,1-3H3. The van der Waals surface area contributed by atoms with E-state index in [4.69, 9.17) is 10.5 Å². The zero-order valence-electron chi connectivity index (χ0n) is 21.7. The lowest BCUT2D eigenvalue weighted by Crippen LogP contribution is -2.33. The van der Waals surface area contributed by atoms with E-state index >= 15 is 4.39 Å². The van der Waals surface area contributed by atoms with Crippen molar-refractivity contribution >= 4 is 5.91 Å². The number of likely N-dealkylation sites (tertiary alicyclic amines) is 1. The zero-order valence-corrected chi connectivity index (χ0v) is 21.7. The van der Waals surface area contributed by atoms with Gasteiger partial charge in [-0.25, -0.2) is 28.4 Å². The number of carbonyl (C=O) groups is 1. The number of hydrogen-bond acceptors (Lipinski definition) is 7. The Labute approximate surface area is 223 Å². The van der Waals surface area contributed by atoms with E-state index in [1.54, 1.807) is 50.3 Å². The first-order valence-electron chi connectivity index (χ1n) is 12.7. The smallest absolute Gasteiger partial charge is 0.257 e. The van der Waals surface area contributed by atoms with Crippen molar-refractivity contribution in [2.45, 2.75) is 32.4 Å². The third kappa shape index (κ3) is 4.63. The molecule has 2 N–H and O–H groups in total.